The van der Waals surface area contributed by atoms with Gasteiger partial charge in [0.25, 0.3) is 10.2 Å². The van der Waals surface area contributed by atoms with E-state index in [-0.39, 0.29) is 18.0 Å². The highest BCUT2D eigenvalue weighted by Gasteiger charge is 2.38. The van der Waals surface area contributed by atoms with Crippen LogP contribution in [-0.4, -0.2) is 37.8 Å². The molecule has 1 amide bonds. The molecule has 0 saturated carbocycles. The second kappa shape index (κ2) is 5.78. The predicted molar refractivity (Wildman–Crippen MR) is 75.5 cm³/mol. The second-order valence-electron chi connectivity index (χ2n) is 5.45. The van der Waals surface area contributed by atoms with E-state index in [0.717, 1.165) is 12.8 Å². The number of rotatable bonds is 4. The van der Waals surface area contributed by atoms with Crippen molar-refractivity contribution >= 4 is 16.1 Å². The maximum atomic E-state index is 12.5. The summed E-state index contributed by atoms with van der Waals surface area (Å²) in [6.45, 7) is 0.830. The molecule has 1 aromatic heterocycles. The molecule has 1 aromatic rings. The highest BCUT2D eigenvalue weighted by atomic mass is 32.2. The van der Waals surface area contributed by atoms with E-state index in [1.165, 1.54) is 4.31 Å². The van der Waals surface area contributed by atoms with Gasteiger partial charge in [-0.3, -0.25) is 4.79 Å². The molecule has 8 heteroatoms. The minimum absolute atomic E-state index is 0.0277. The predicted octanol–water partition coefficient (Wildman–Crippen LogP) is 0.529. The molecular formula is C13H19N3O4S. The molecule has 2 aliphatic rings. The average Bonchev–Trinajstić information content (AvgIpc) is 3.11. The van der Waals surface area contributed by atoms with Crippen molar-refractivity contribution in [3.63, 3.8) is 0 Å². The van der Waals surface area contributed by atoms with Crippen molar-refractivity contribution in [2.24, 2.45) is 0 Å². The standard InChI is InChI=1S/C13H19N3O4S/c17-13-6-5-10(9-14-13)15-21(18,19)16-7-1-3-11(16)12-4-2-8-20-12/h2,4,8,10-11,15H,1,3,5-7,9H2,(H,14,17)/t10-,11+/m1/s1. The first-order valence-electron chi connectivity index (χ1n) is 7.15. The Labute approximate surface area is 123 Å². The number of amides is 1. The largest absolute Gasteiger partial charge is 0.468 e. The van der Waals surface area contributed by atoms with Crippen LogP contribution in [0.15, 0.2) is 22.8 Å². The molecule has 0 radical (unpaired) electrons. The minimum Gasteiger partial charge on any atom is -0.468 e. The molecular weight excluding hydrogens is 294 g/mol. The van der Waals surface area contributed by atoms with Crippen molar-refractivity contribution in [2.45, 2.75) is 37.8 Å². The number of hydrogen-bond acceptors (Lipinski definition) is 4. The normalized spacial score (nSPS) is 27.7. The van der Waals surface area contributed by atoms with Gasteiger partial charge in [0.05, 0.1) is 12.3 Å². The Hall–Kier alpha value is -1.38. The zero-order chi connectivity index (χ0) is 14.9. The number of carbonyl (C=O) groups excluding carboxylic acids is 1. The average molecular weight is 313 g/mol. The van der Waals surface area contributed by atoms with Crippen LogP contribution in [0.1, 0.15) is 37.5 Å². The van der Waals surface area contributed by atoms with Gasteiger partial charge in [-0.05, 0) is 31.4 Å². The molecule has 0 spiro atoms. The summed E-state index contributed by atoms with van der Waals surface area (Å²) in [4.78, 5) is 11.1. The lowest BCUT2D eigenvalue weighted by Gasteiger charge is -2.28. The van der Waals surface area contributed by atoms with Crippen LogP contribution in [0.3, 0.4) is 0 Å². The number of piperidine rings is 1. The summed E-state index contributed by atoms with van der Waals surface area (Å²) in [7, 11) is -3.58. The van der Waals surface area contributed by atoms with Crippen molar-refractivity contribution in [1.82, 2.24) is 14.3 Å². The van der Waals surface area contributed by atoms with Gasteiger partial charge in [0.1, 0.15) is 5.76 Å². The molecule has 2 saturated heterocycles. The van der Waals surface area contributed by atoms with Crippen molar-refractivity contribution in [2.75, 3.05) is 13.1 Å². The van der Waals surface area contributed by atoms with Gasteiger partial charge >= 0.3 is 0 Å². The highest BCUT2D eigenvalue weighted by Crippen LogP contribution is 2.34. The van der Waals surface area contributed by atoms with E-state index in [2.05, 4.69) is 10.0 Å². The molecule has 0 aromatic carbocycles. The van der Waals surface area contributed by atoms with Crippen LogP contribution < -0.4 is 10.0 Å². The summed E-state index contributed by atoms with van der Waals surface area (Å²) in [5.41, 5.74) is 0. The highest BCUT2D eigenvalue weighted by molar-refractivity contribution is 7.87. The first-order valence-corrected chi connectivity index (χ1v) is 8.59. The number of nitrogens with zero attached hydrogens (tertiary/aromatic N) is 1. The van der Waals surface area contributed by atoms with E-state index in [4.69, 9.17) is 4.42 Å². The summed E-state index contributed by atoms with van der Waals surface area (Å²) >= 11 is 0. The Morgan fingerprint density at radius 2 is 2.24 bits per heavy atom. The van der Waals surface area contributed by atoms with E-state index in [1.54, 1.807) is 18.4 Å². The van der Waals surface area contributed by atoms with Gasteiger partial charge in [0.15, 0.2) is 0 Å². The fourth-order valence-corrected chi connectivity index (χ4v) is 4.58. The second-order valence-corrected chi connectivity index (χ2v) is 7.10. The maximum absolute atomic E-state index is 12.5. The quantitative estimate of drug-likeness (QED) is 0.848. The maximum Gasteiger partial charge on any atom is 0.280 e. The number of hydrogen-bond donors (Lipinski definition) is 2. The molecule has 3 rings (SSSR count). The van der Waals surface area contributed by atoms with Crippen molar-refractivity contribution in [1.29, 1.82) is 0 Å². The molecule has 0 unspecified atom stereocenters. The number of furan rings is 1. The molecule has 2 fully saturated rings. The Morgan fingerprint density at radius 3 is 2.90 bits per heavy atom. The lowest BCUT2D eigenvalue weighted by atomic mass is 10.1. The van der Waals surface area contributed by atoms with Crippen LogP contribution >= 0.6 is 0 Å². The lowest BCUT2D eigenvalue weighted by molar-refractivity contribution is -0.122. The molecule has 0 bridgehead atoms. The van der Waals surface area contributed by atoms with Crippen molar-refractivity contribution < 1.29 is 17.6 Å². The Balaban J connectivity index is 1.70. The third-order valence-electron chi connectivity index (χ3n) is 3.97. The summed E-state index contributed by atoms with van der Waals surface area (Å²) in [6, 6.07) is 3.09. The van der Waals surface area contributed by atoms with E-state index >= 15 is 0 Å². The van der Waals surface area contributed by atoms with Gasteiger partial charge in [-0.15, -0.1) is 0 Å². The molecule has 116 valence electrons. The van der Waals surface area contributed by atoms with E-state index in [1.807, 2.05) is 0 Å². The Kier molecular flexibility index (Phi) is 4.01. The zero-order valence-corrected chi connectivity index (χ0v) is 12.4. The van der Waals surface area contributed by atoms with Gasteiger partial charge in [0, 0.05) is 25.6 Å². The molecule has 21 heavy (non-hydrogen) atoms. The summed E-state index contributed by atoms with van der Waals surface area (Å²) in [5, 5.41) is 2.68. The summed E-state index contributed by atoms with van der Waals surface area (Å²) in [6.07, 6.45) is 4.02. The van der Waals surface area contributed by atoms with Crippen LogP contribution in [0.4, 0.5) is 0 Å². The van der Waals surface area contributed by atoms with Crippen molar-refractivity contribution in [3.05, 3.63) is 24.2 Å². The van der Waals surface area contributed by atoms with Gasteiger partial charge < -0.3 is 9.73 Å². The molecule has 7 nitrogen and oxygen atoms in total. The molecule has 2 N–H and O–H groups in total. The van der Waals surface area contributed by atoms with Crippen molar-refractivity contribution in [3.8, 4) is 0 Å². The van der Waals surface area contributed by atoms with Crippen LogP contribution in [0.5, 0.6) is 0 Å². The monoisotopic (exact) mass is 313 g/mol. The Morgan fingerprint density at radius 1 is 1.38 bits per heavy atom. The number of nitrogens with one attached hydrogen (secondary N) is 2. The summed E-state index contributed by atoms with van der Waals surface area (Å²) in [5.74, 6) is 0.648. The zero-order valence-electron chi connectivity index (χ0n) is 11.6. The van der Waals surface area contributed by atoms with Crippen LogP contribution in [0, 0.1) is 0 Å². The Bertz CT molecular complexity index is 589. The van der Waals surface area contributed by atoms with E-state index in [0.29, 0.717) is 31.7 Å². The molecule has 2 aliphatic heterocycles. The van der Waals surface area contributed by atoms with Crippen LogP contribution in [-0.2, 0) is 15.0 Å². The first kappa shape index (κ1) is 14.6. The topological polar surface area (TPSA) is 91.7 Å². The minimum atomic E-state index is -3.58. The van der Waals surface area contributed by atoms with E-state index < -0.39 is 10.2 Å². The third-order valence-corrected chi connectivity index (χ3v) is 5.65. The molecule has 2 atom stereocenters. The van der Waals surface area contributed by atoms with Gasteiger partial charge in [-0.2, -0.15) is 17.4 Å². The fourth-order valence-electron chi connectivity index (χ4n) is 2.90. The smallest absolute Gasteiger partial charge is 0.280 e. The fraction of sp³-hybridized carbons (Fsp3) is 0.615. The van der Waals surface area contributed by atoms with Gasteiger partial charge in [-0.25, -0.2) is 0 Å². The van der Waals surface area contributed by atoms with Crippen LogP contribution in [0.25, 0.3) is 0 Å². The molecule has 3 heterocycles. The summed E-state index contributed by atoms with van der Waals surface area (Å²) < 4.78 is 34.6. The third kappa shape index (κ3) is 3.12. The van der Waals surface area contributed by atoms with E-state index in [9.17, 15) is 13.2 Å². The first-order chi connectivity index (χ1) is 10.1. The number of carbonyl (C=O) groups is 1. The van der Waals surface area contributed by atoms with Gasteiger partial charge in [-0.1, -0.05) is 0 Å². The lowest BCUT2D eigenvalue weighted by Crippen LogP contribution is -2.51. The van der Waals surface area contributed by atoms with Gasteiger partial charge in [0.2, 0.25) is 5.91 Å². The van der Waals surface area contributed by atoms with Crippen LogP contribution in [0.2, 0.25) is 0 Å². The molecule has 0 aliphatic carbocycles. The SMILES string of the molecule is O=C1CC[C@@H](NS(=O)(=O)N2CCC[C@H]2c2ccco2)CN1.